The zero-order valence-corrected chi connectivity index (χ0v) is 10.3. The van der Waals surface area contributed by atoms with E-state index in [-0.39, 0.29) is 0 Å². The van der Waals surface area contributed by atoms with Gasteiger partial charge in [0.1, 0.15) is 0 Å². The van der Waals surface area contributed by atoms with Crippen LogP contribution in [0, 0.1) is 0 Å². The summed E-state index contributed by atoms with van der Waals surface area (Å²) in [6, 6.07) is 0.684. The first-order valence-corrected chi connectivity index (χ1v) is 6.14. The van der Waals surface area contributed by atoms with Gasteiger partial charge in [-0.05, 0) is 40.2 Å². The molecule has 0 saturated carbocycles. The lowest BCUT2D eigenvalue weighted by atomic mass is 10.0. The maximum Gasteiger partial charge on any atom is 0.0702 e. The van der Waals surface area contributed by atoms with Crippen LogP contribution >= 0.6 is 0 Å². The van der Waals surface area contributed by atoms with Gasteiger partial charge in [0.2, 0.25) is 0 Å². The number of nitrogens with one attached hydrogen (secondary N) is 1. The Labute approximate surface area is 93.2 Å². The first kappa shape index (κ1) is 11.4. The number of likely N-dealkylation sites (N-methyl/N-ethyl adjacent to an activating group) is 1. The summed E-state index contributed by atoms with van der Waals surface area (Å²) in [7, 11) is 2.23. The van der Waals surface area contributed by atoms with Gasteiger partial charge in [0, 0.05) is 31.3 Å². The summed E-state index contributed by atoms with van der Waals surface area (Å²) in [5.41, 5.74) is 0.315. The van der Waals surface area contributed by atoms with Crippen LogP contribution in [0.3, 0.4) is 0 Å². The van der Waals surface area contributed by atoms with Crippen LogP contribution in [0.2, 0.25) is 0 Å². The summed E-state index contributed by atoms with van der Waals surface area (Å²) in [6.07, 6.45) is 4.22. The Hall–Kier alpha value is -0.120. The topological polar surface area (TPSA) is 24.5 Å². The minimum absolute atomic E-state index is 0.315. The Bertz CT molecular complexity index is 212. The molecule has 3 heteroatoms. The molecule has 2 aliphatic rings. The predicted molar refractivity (Wildman–Crippen MR) is 62.1 cm³/mol. The number of ether oxygens (including phenoxy) is 1. The highest BCUT2D eigenvalue weighted by molar-refractivity contribution is 4.94. The van der Waals surface area contributed by atoms with Crippen molar-refractivity contribution in [3.63, 3.8) is 0 Å². The molecule has 0 bridgehead atoms. The summed E-state index contributed by atoms with van der Waals surface area (Å²) >= 11 is 0. The normalized spacial score (nSPS) is 35.2. The highest BCUT2D eigenvalue weighted by atomic mass is 16.5. The smallest absolute Gasteiger partial charge is 0.0702 e. The first-order chi connectivity index (χ1) is 7.07. The number of rotatable bonds is 3. The van der Waals surface area contributed by atoms with E-state index >= 15 is 0 Å². The molecule has 3 nitrogen and oxygen atoms in total. The van der Waals surface area contributed by atoms with Gasteiger partial charge in [-0.3, -0.25) is 4.90 Å². The molecule has 0 aromatic heterocycles. The zero-order valence-electron chi connectivity index (χ0n) is 10.3. The van der Waals surface area contributed by atoms with E-state index in [4.69, 9.17) is 4.74 Å². The van der Waals surface area contributed by atoms with Gasteiger partial charge in [0.25, 0.3) is 0 Å². The maximum absolute atomic E-state index is 5.67. The van der Waals surface area contributed by atoms with E-state index in [1.54, 1.807) is 0 Å². The van der Waals surface area contributed by atoms with E-state index in [1.807, 2.05) is 0 Å². The molecular formula is C12H24N2O. The molecule has 2 rings (SSSR count). The third-order valence-electron chi connectivity index (χ3n) is 3.70. The predicted octanol–water partition coefficient (Wildman–Crippen LogP) is 1.24. The maximum atomic E-state index is 5.67. The van der Waals surface area contributed by atoms with Crippen LogP contribution in [0.5, 0.6) is 0 Å². The molecule has 0 aromatic carbocycles. The second kappa shape index (κ2) is 4.40. The number of hydrogen-bond acceptors (Lipinski definition) is 3. The first-order valence-electron chi connectivity index (χ1n) is 6.14. The summed E-state index contributed by atoms with van der Waals surface area (Å²) in [6.45, 7) is 7.76. The molecule has 2 fully saturated rings. The van der Waals surface area contributed by atoms with Gasteiger partial charge in [0.05, 0.1) is 6.10 Å². The van der Waals surface area contributed by atoms with Gasteiger partial charge in [-0.2, -0.15) is 0 Å². The Balaban J connectivity index is 1.78. The number of nitrogens with zero attached hydrogens (tertiary/aromatic N) is 1. The molecule has 1 N–H and O–H groups in total. The average molecular weight is 212 g/mol. The van der Waals surface area contributed by atoms with Crippen molar-refractivity contribution in [3.05, 3.63) is 0 Å². The molecule has 0 amide bonds. The molecule has 88 valence electrons. The monoisotopic (exact) mass is 212 g/mol. The van der Waals surface area contributed by atoms with Crippen molar-refractivity contribution in [1.29, 1.82) is 0 Å². The van der Waals surface area contributed by atoms with Gasteiger partial charge in [-0.1, -0.05) is 0 Å². The Morgan fingerprint density at radius 2 is 2.27 bits per heavy atom. The van der Waals surface area contributed by atoms with Crippen molar-refractivity contribution in [2.24, 2.45) is 0 Å². The van der Waals surface area contributed by atoms with E-state index in [9.17, 15) is 0 Å². The fourth-order valence-electron chi connectivity index (χ4n) is 2.70. The van der Waals surface area contributed by atoms with Crippen LogP contribution in [0.1, 0.15) is 33.1 Å². The average Bonchev–Trinajstić information content (AvgIpc) is 2.74. The Kier molecular flexibility index (Phi) is 3.33. The van der Waals surface area contributed by atoms with Crippen molar-refractivity contribution in [3.8, 4) is 0 Å². The minimum atomic E-state index is 0.315. The van der Waals surface area contributed by atoms with Crippen molar-refractivity contribution < 1.29 is 4.74 Å². The van der Waals surface area contributed by atoms with Gasteiger partial charge >= 0.3 is 0 Å². The summed E-state index contributed by atoms with van der Waals surface area (Å²) < 4.78 is 5.67. The molecule has 2 atom stereocenters. The van der Waals surface area contributed by atoms with E-state index in [2.05, 4.69) is 31.1 Å². The molecule has 0 spiro atoms. The third kappa shape index (κ3) is 2.92. The quantitative estimate of drug-likeness (QED) is 0.762. The molecule has 2 saturated heterocycles. The van der Waals surface area contributed by atoms with Crippen LogP contribution < -0.4 is 5.32 Å². The molecule has 0 radical (unpaired) electrons. The molecular weight excluding hydrogens is 188 g/mol. The molecule has 2 heterocycles. The van der Waals surface area contributed by atoms with Crippen molar-refractivity contribution in [2.75, 3.05) is 26.7 Å². The van der Waals surface area contributed by atoms with Gasteiger partial charge in [-0.25, -0.2) is 0 Å². The van der Waals surface area contributed by atoms with Crippen LogP contribution in [-0.4, -0.2) is 49.3 Å². The summed E-state index contributed by atoms with van der Waals surface area (Å²) in [5.74, 6) is 0. The highest BCUT2D eigenvalue weighted by Crippen LogP contribution is 2.22. The van der Waals surface area contributed by atoms with E-state index in [0.29, 0.717) is 17.7 Å². The van der Waals surface area contributed by atoms with Crippen molar-refractivity contribution in [1.82, 2.24) is 10.2 Å². The van der Waals surface area contributed by atoms with Crippen molar-refractivity contribution >= 4 is 0 Å². The fourth-order valence-corrected chi connectivity index (χ4v) is 2.70. The fraction of sp³-hybridized carbons (Fsp3) is 1.00. The van der Waals surface area contributed by atoms with E-state index in [1.165, 1.54) is 19.3 Å². The Morgan fingerprint density at radius 1 is 1.47 bits per heavy atom. The molecule has 2 aliphatic heterocycles. The lowest BCUT2D eigenvalue weighted by Gasteiger charge is -2.27. The SMILES string of the molecule is CN(CC1CCCO1)C1CNC(C)(C)C1. The second-order valence-corrected chi connectivity index (χ2v) is 5.70. The highest BCUT2D eigenvalue weighted by Gasteiger charge is 2.33. The van der Waals surface area contributed by atoms with E-state index in [0.717, 1.165) is 19.7 Å². The summed E-state index contributed by atoms with van der Waals surface area (Å²) in [4.78, 5) is 2.47. The lowest BCUT2D eigenvalue weighted by molar-refractivity contribution is 0.0698. The second-order valence-electron chi connectivity index (χ2n) is 5.70. The standard InChI is InChI=1S/C12H24N2O/c1-12(2)7-10(8-13-12)14(3)9-11-5-4-6-15-11/h10-11,13H,4-9H2,1-3H3. The lowest BCUT2D eigenvalue weighted by Crippen LogP contribution is -2.38. The minimum Gasteiger partial charge on any atom is -0.377 e. The summed E-state index contributed by atoms with van der Waals surface area (Å²) in [5, 5.41) is 3.57. The molecule has 2 unspecified atom stereocenters. The number of hydrogen-bond donors (Lipinski definition) is 1. The largest absolute Gasteiger partial charge is 0.377 e. The third-order valence-corrected chi connectivity index (χ3v) is 3.70. The molecule has 15 heavy (non-hydrogen) atoms. The Morgan fingerprint density at radius 3 is 2.80 bits per heavy atom. The van der Waals surface area contributed by atoms with Gasteiger partial charge in [0.15, 0.2) is 0 Å². The zero-order chi connectivity index (χ0) is 10.9. The van der Waals surface area contributed by atoms with Gasteiger partial charge in [-0.15, -0.1) is 0 Å². The van der Waals surface area contributed by atoms with Crippen molar-refractivity contribution in [2.45, 2.75) is 50.8 Å². The van der Waals surface area contributed by atoms with Crippen LogP contribution in [0.4, 0.5) is 0 Å². The van der Waals surface area contributed by atoms with Crippen LogP contribution in [0.15, 0.2) is 0 Å². The molecule has 0 aliphatic carbocycles. The van der Waals surface area contributed by atoms with Crippen LogP contribution in [-0.2, 0) is 4.74 Å². The molecule has 0 aromatic rings. The van der Waals surface area contributed by atoms with Gasteiger partial charge < -0.3 is 10.1 Å². The van der Waals surface area contributed by atoms with E-state index < -0.39 is 0 Å². The van der Waals surface area contributed by atoms with Crippen LogP contribution in [0.25, 0.3) is 0 Å².